The molecule has 3 heterocycles. The van der Waals surface area contributed by atoms with Gasteiger partial charge in [-0.1, -0.05) is 30.3 Å². The van der Waals surface area contributed by atoms with Crippen molar-refractivity contribution in [1.82, 2.24) is 19.6 Å². The number of likely N-dealkylation sites (tertiary alicyclic amines) is 1. The van der Waals surface area contributed by atoms with Crippen molar-refractivity contribution in [2.45, 2.75) is 37.8 Å². The third-order valence-electron chi connectivity index (χ3n) is 8.13. The number of amidine groups is 1. The van der Waals surface area contributed by atoms with Crippen molar-refractivity contribution in [1.29, 1.82) is 0 Å². The molecule has 8 heteroatoms. The molecule has 36 heavy (non-hydrogen) atoms. The molecule has 3 aromatic rings. The van der Waals surface area contributed by atoms with E-state index in [-0.39, 0.29) is 24.3 Å². The highest BCUT2D eigenvalue weighted by Gasteiger charge is 2.57. The number of rotatable bonds is 6. The van der Waals surface area contributed by atoms with Crippen molar-refractivity contribution in [2.24, 2.45) is 23.9 Å². The summed E-state index contributed by atoms with van der Waals surface area (Å²) in [6.07, 6.45) is 3.69. The van der Waals surface area contributed by atoms with Gasteiger partial charge in [0.05, 0.1) is 17.8 Å². The van der Waals surface area contributed by atoms with Crippen molar-refractivity contribution in [3.05, 3.63) is 53.7 Å². The minimum atomic E-state index is -0.548. The summed E-state index contributed by atoms with van der Waals surface area (Å²) >= 11 is 0. The van der Waals surface area contributed by atoms with Crippen LogP contribution in [0.1, 0.15) is 36.9 Å². The van der Waals surface area contributed by atoms with Crippen LogP contribution in [0.15, 0.2) is 47.5 Å². The summed E-state index contributed by atoms with van der Waals surface area (Å²) in [6, 6.07) is 14.4. The van der Waals surface area contributed by atoms with Gasteiger partial charge in [0, 0.05) is 49.5 Å². The molecule has 0 unspecified atom stereocenters. The lowest BCUT2D eigenvalue weighted by atomic mass is 9.97. The zero-order valence-corrected chi connectivity index (χ0v) is 20.4. The van der Waals surface area contributed by atoms with Gasteiger partial charge in [-0.3, -0.25) is 24.2 Å². The van der Waals surface area contributed by atoms with E-state index in [0.29, 0.717) is 18.2 Å². The number of aromatic nitrogens is 2. The molecule has 3 fully saturated rings. The number of aliphatic imine (C=N–C) groups is 1. The van der Waals surface area contributed by atoms with Gasteiger partial charge in [-0.05, 0) is 48.9 Å². The monoisotopic (exact) mass is 483 g/mol. The van der Waals surface area contributed by atoms with Crippen molar-refractivity contribution in [2.75, 3.05) is 19.6 Å². The second-order valence-electron chi connectivity index (χ2n) is 10.8. The van der Waals surface area contributed by atoms with Crippen molar-refractivity contribution in [3.63, 3.8) is 0 Å². The number of fused-ring (bicyclic) bond motifs is 1. The number of carbonyl (C=O) groups excluding carboxylic acids is 2. The third kappa shape index (κ3) is 3.38. The van der Waals surface area contributed by atoms with E-state index in [1.807, 2.05) is 35.0 Å². The van der Waals surface area contributed by atoms with E-state index in [1.165, 1.54) is 0 Å². The highest BCUT2D eigenvalue weighted by Crippen LogP contribution is 2.46. The number of hydrogen-bond acceptors (Lipinski definition) is 5. The van der Waals surface area contributed by atoms with Crippen LogP contribution in [0.25, 0.3) is 22.0 Å². The quantitative estimate of drug-likeness (QED) is 0.584. The molecule has 2 saturated carbocycles. The first-order chi connectivity index (χ1) is 17.5. The highest BCUT2D eigenvalue weighted by molar-refractivity contribution is 6.16. The molecule has 2 aromatic carbocycles. The first-order valence-corrected chi connectivity index (χ1v) is 12.8. The van der Waals surface area contributed by atoms with Crippen LogP contribution in [-0.4, -0.2) is 67.5 Å². The molecular weight excluding hydrogens is 454 g/mol. The Morgan fingerprint density at radius 1 is 1.06 bits per heavy atom. The van der Waals surface area contributed by atoms with Crippen molar-refractivity contribution in [3.8, 4) is 11.1 Å². The summed E-state index contributed by atoms with van der Waals surface area (Å²) in [4.78, 5) is 34.3. The molecule has 2 amide bonds. The maximum absolute atomic E-state index is 13.3. The molecule has 184 valence electrons. The molecule has 0 atom stereocenters. The lowest BCUT2D eigenvalue weighted by Gasteiger charge is -2.41. The molecule has 8 nitrogen and oxygen atoms in total. The third-order valence-corrected chi connectivity index (χ3v) is 8.13. The number of carbonyl (C=O) groups is 2. The Morgan fingerprint density at radius 2 is 1.75 bits per heavy atom. The Labute approximate surface area is 209 Å². The first-order valence-electron chi connectivity index (χ1n) is 12.8. The highest BCUT2D eigenvalue weighted by atomic mass is 16.3. The van der Waals surface area contributed by atoms with Crippen molar-refractivity contribution < 1.29 is 14.7 Å². The van der Waals surface area contributed by atoms with E-state index in [2.05, 4.69) is 29.4 Å². The molecule has 1 N–H and O–H groups in total. The number of aliphatic hydroxyl groups excluding tert-OH is 1. The normalized spacial score (nSPS) is 20.8. The zero-order chi connectivity index (χ0) is 24.6. The minimum Gasteiger partial charge on any atom is -0.390 e. The smallest absolute Gasteiger partial charge is 0.256 e. The average Bonchev–Trinajstić information content (AvgIpc) is 3.79. The Balaban J connectivity index is 1.12. The van der Waals surface area contributed by atoms with Gasteiger partial charge in [-0.25, -0.2) is 0 Å². The Bertz CT molecular complexity index is 1430. The lowest BCUT2D eigenvalue weighted by molar-refractivity contribution is -0.139. The molecule has 0 bridgehead atoms. The van der Waals surface area contributed by atoms with E-state index in [4.69, 9.17) is 4.99 Å². The van der Waals surface area contributed by atoms with Gasteiger partial charge in [-0.2, -0.15) is 5.10 Å². The van der Waals surface area contributed by atoms with E-state index < -0.39 is 5.54 Å². The van der Waals surface area contributed by atoms with Gasteiger partial charge >= 0.3 is 0 Å². The number of nitrogens with zero attached hydrogens (tertiary/aromatic N) is 5. The molecule has 2 aliphatic heterocycles. The molecule has 1 saturated heterocycles. The number of benzene rings is 2. The molecule has 4 aliphatic rings. The van der Waals surface area contributed by atoms with E-state index in [1.54, 1.807) is 4.68 Å². The van der Waals surface area contributed by atoms with Crippen LogP contribution in [0, 0.1) is 11.8 Å². The maximum atomic E-state index is 13.3. The van der Waals surface area contributed by atoms with Gasteiger partial charge in [0.1, 0.15) is 11.4 Å². The van der Waals surface area contributed by atoms with Crippen LogP contribution in [0.3, 0.4) is 0 Å². The maximum Gasteiger partial charge on any atom is 0.256 e. The molecule has 2 aliphatic carbocycles. The Hall–Kier alpha value is -3.52. The lowest BCUT2D eigenvalue weighted by Crippen LogP contribution is -2.55. The standard InChI is InChI=1S/C28H29N5O3/c1-31-24-9-8-21(12-22(24)23(16-34)30-31)18-2-4-19(5-3-18)25-29-28(10-11-28)27(36)33(25)15-17-13-32(14-17)26(35)20-6-7-20/h2-5,8-9,12,17,20,34H,6-7,10-11,13-16H2,1H3. The molecule has 1 spiro atoms. The second kappa shape index (κ2) is 7.74. The van der Waals surface area contributed by atoms with Gasteiger partial charge < -0.3 is 10.0 Å². The molecule has 0 radical (unpaired) electrons. The summed E-state index contributed by atoms with van der Waals surface area (Å²) in [7, 11) is 1.88. The summed E-state index contributed by atoms with van der Waals surface area (Å²) < 4.78 is 1.79. The van der Waals surface area contributed by atoms with Crippen LogP contribution in [0.5, 0.6) is 0 Å². The SMILES string of the molecule is Cn1nc(CO)c2cc(-c3ccc(C4=NC5(CC5)C(=O)N4CC4CN(C(=O)C5CC5)C4)cc3)ccc21. The number of aryl methyl sites for hydroxylation is 1. The number of hydrogen-bond donors (Lipinski definition) is 1. The zero-order valence-electron chi connectivity index (χ0n) is 20.4. The van der Waals surface area contributed by atoms with Crippen LogP contribution in [0.2, 0.25) is 0 Å². The fourth-order valence-corrected chi connectivity index (χ4v) is 5.65. The van der Waals surface area contributed by atoms with Gasteiger partial charge in [-0.15, -0.1) is 0 Å². The largest absolute Gasteiger partial charge is 0.390 e. The van der Waals surface area contributed by atoms with E-state index in [9.17, 15) is 14.7 Å². The van der Waals surface area contributed by atoms with E-state index >= 15 is 0 Å². The predicted octanol–water partition coefficient (Wildman–Crippen LogP) is 2.72. The second-order valence-corrected chi connectivity index (χ2v) is 10.8. The summed E-state index contributed by atoms with van der Waals surface area (Å²) in [5, 5.41) is 15.0. The van der Waals surface area contributed by atoms with E-state index in [0.717, 1.165) is 72.2 Å². The minimum absolute atomic E-state index is 0.0985. The van der Waals surface area contributed by atoms with Gasteiger partial charge in [0.15, 0.2) is 0 Å². The number of aliphatic hydroxyl groups is 1. The van der Waals surface area contributed by atoms with Crippen molar-refractivity contribution >= 4 is 28.6 Å². The summed E-state index contributed by atoms with van der Waals surface area (Å²) in [6.45, 7) is 2.01. The average molecular weight is 484 g/mol. The van der Waals surface area contributed by atoms with Crippen LogP contribution < -0.4 is 0 Å². The fraction of sp³-hybridized carbons (Fsp3) is 0.429. The van der Waals surface area contributed by atoms with Crippen LogP contribution >= 0.6 is 0 Å². The molecule has 1 aromatic heterocycles. The number of amides is 2. The Kier molecular flexibility index (Phi) is 4.67. The predicted molar refractivity (Wildman–Crippen MR) is 135 cm³/mol. The van der Waals surface area contributed by atoms with Gasteiger partial charge in [0.2, 0.25) is 5.91 Å². The Morgan fingerprint density at radius 3 is 2.42 bits per heavy atom. The molecule has 7 rings (SSSR count). The fourth-order valence-electron chi connectivity index (χ4n) is 5.65. The first kappa shape index (κ1) is 21.7. The van der Waals surface area contributed by atoms with Crippen LogP contribution in [0.4, 0.5) is 0 Å². The van der Waals surface area contributed by atoms with Gasteiger partial charge in [0.25, 0.3) is 5.91 Å². The summed E-state index contributed by atoms with van der Waals surface area (Å²) in [5.74, 6) is 1.73. The summed E-state index contributed by atoms with van der Waals surface area (Å²) in [5.41, 5.74) is 4.15. The molecular formula is C28H29N5O3. The topological polar surface area (TPSA) is 91.0 Å². The van der Waals surface area contributed by atoms with Crippen LogP contribution in [-0.2, 0) is 23.2 Å².